The minimum Gasteiger partial charge on any atom is -0.337 e. The maximum atomic E-state index is 12.3. The summed E-state index contributed by atoms with van der Waals surface area (Å²) in [5.41, 5.74) is 1.97. The van der Waals surface area contributed by atoms with Crippen molar-refractivity contribution < 1.29 is 4.21 Å². The largest absolute Gasteiger partial charge is 0.337 e. The van der Waals surface area contributed by atoms with Crippen molar-refractivity contribution >= 4 is 40.1 Å². The van der Waals surface area contributed by atoms with Crippen molar-refractivity contribution in [1.82, 2.24) is 9.97 Å². The lowest BCUT2D eigenvalue weighted by Gasteiger charge is -2.18. The number of nitrogens with zero attached hydrogens (tertiary/aromatic N) is 2. The van der Waals surface area contributed by atoms with Gasteiger partial charge in [-0.2, -0.15) is 0 Å². The first-order valence-electron chi connectivity index (χ1n) is 7.33. The van der Waals surface area contributed by atoms with Gasteiger partial charge >= 0.3 is 0 Å². The minimum atomic E-state index is -1.15. The van der Waals surface area contributed by atoms with E-state index in [9.17, 15) is 4.21 Å². The first-order valence-corrected chi connectivity index (χ1v) is 9.36. The van der Waals surface area contributed by atoms with Crippen LogP contribution in [0.1, 0.15) is 5.56 Å². The van der Waals surface area contributed by atoms with Gasteiger partial charge in [0, 0.05) is 27.6 Å². The lowest BCUT2D eigenvalue weighted by molar-refractivity contribution is 0.688. The Hall–Kier alpha value is -2.44. The molecular weight excluding hydrogens is 338 g/mol. The second-order valence-electron chi connectivity index (χ2n) is 5.11. The molecule has 0 saturated carbocycles. The van der Waals surface area contributed by atoms with Gasteiger partial charge in [0.05, 0.1) is 16.5 Å². The summed E-state index contributed by atoms with van der Waals surface area (Å²) >= 11 is 1.59. The molecule has 118 valence electrons. The molecule has 4 rings (SSSR count). The van der Waals surface area contributed by atoms with E-state index in [0.717, 1.165) is 31.9 Å². The van der Waals surface area contributed by atoms with Gasteiger partial charge in [-0.25, -0.2) is 14.2 Å². The molecule has 1 unspecified atom stereocenters. The smallest absolute Gasteiger partial charge is 0.163 e. The molecule has 24 heavy (non-hydrogen) atoms. The third-order valence-electron chi connectivity index (χ3n) is 3.49. The van der Waals surface area contributed by atoms with Gasteiger partial charge in [0.15, 0.2) is 5.82 Å². The maximum absolute atomic E-state index is 12.3. The lowest BCUT2D eigenvalue weighted by atomic mass is 10.2. The fourth-order valence-corrected chi connectivity index (χ4v) is 4.07. The molecule has 0 fully saturated rings. The van der Waals surface area contributed by atoms with Crippen molar-refractivity contribution in [2.45, 2.75) is 14.8 Å². The molecule has 2 aromatic carbocycles. The van der Waals surface area contributed by atoms with Gasteiger partial charge in [-0.1, -0.05) is 36.0 Å². The second-order valence-corrected chi connectivity index (χ2v) is 7.48. The van der Waals surface area contributed by atoms with E-state index in [4.69, 9.17) is 0 Å². The third kappa shape index (κ3) is 3.11. The number of aromatic nitrogens is 2. The van der Waals surface area contributed by atoms with Crippen molar-refractivity contribution in [2.24, 2.45) is 0 Å². The molecule has 0 radical (unpaired) electrons. The Morgan fingerprint density at radius 1 is 1.04 bits per heavy atom. The van der Waals surface area contributed by atoms with Gasteiger partial charge in [-0.15, -0.1) is 0 Å². The van der Waals surface area contributed by atoms with Crippen molar-refractivity contribution in [3.05, 3.63) is 71.9 Å². The molecule has 1 aliphatic heterocycles. The number of anilines is 2. The molecule has 1 aromatic heterocycles. The normalized spacial score (nSPS) is 13.8. The Bertz CT molecular complexity index is 942. The van der Waals surface area contributed by atoms with Crippen LogP contribution in [-0.4, -0.2) is 14.2 Å². The quantitative estimate of drug-likeness (QED) is 0.590. The molecule has 0 saturated heterocycles. The van der Waals surface area contributed by atoms with E-state index < -0.39 is 10.8 Å². The molecule has 0 spiro atoms. The summed E-state index contributed by atoms with van der Waals surface area (Å²) in [6, 6.07) is 15.5. The van der Waals surface area contributed by atoms with Crippen LogP contribution in [0.4, 0.5) is 11.5 Å². The summed E-state index contributed by atoms with van der Waals surface area (Å²) in [5.74, 6) is 0.768. The lowest BCUT2D eigenvalue weighted by Crippen LogP contribution is -2.03. The molecule has 3 aromatic rings. The average molecular weight is 351 g/mol. The highest BCUT2D eigenvalue weighted by atomic mass is 32.2. The fourth-order valence-electron chi connectivity index (χ4n) is 2.33. The number of fused-ring (bicyclic) bond motifs is 2. The fraction of sp³-hybridized carbons (Fsp3) is 0. The summed E-state index contributed by atoms with van der Waals surface area (Å²) in [5, 5.41) is 5.88. The number of nitrogens with one attached hydrogen (secondary N) is 1. The van der Waals surface area contributed by atoms with Crippen LogP contribution in [0.2, 0.25) is 0 Å². The Morgan fingerprint density at radius 3 is 2.75 bits per heavy atom. The van der Waals surface area contributed by atoms with Crippen LogP contribution in [0.3, 0.4) is 0 Å². The Balaban J connectivity index is 1.57. The second kappa shape index (κ2) is 6.59. The summed E-state index contributed by atoms with van der Waals surface area (Å²) in [7, 11) is -1.15. The average Bonchev–Trinajstić information content (AvgIpc) is 2.65. The summed E-state index contributed by atoms with van der Waals surface area (Å²) in [4.78, 5) is 10.5. The topological polar surface area (TPSA) is 54.9 Å². The Morgan fingerprint density at radius 2 is 1.88 bits per heavy atom. The predicted molar refractivity (Wildman–Crippen MR) is 97.8 cm³/mol. The molecule has 0 amide bonds. The molecule has 1 atom stereocenters. The number of rotatable bonds is 3. The van der Waals surface area contributed by atoms with Crippen LogP contribution in [0.5, 0.6) is 0 Å². The molecule has 1 N–H and O–H groups in total. The van der Waals surface area contributed by atoms with E-state index >= 15 is 0 Å². The highest BCUT2D eigenvalue weighted by molar-refractivity contribution is 7.99. The van der Waals surface area contributed by atoms with Crippen LogP contribution >= 0.6 is 11.8 Å². The molecule has 6 heteroatoms. The summed E-state index contributed by atoms with van der Waals surface area (Å²) in [6.45, 7) is 0. The van der Waals surface area contributed by atoms with E-state index in [1.54, 1.807) is 29.6 Å². The zero-order valence-electron chi connectivity index (χ0n) is 12.5. The maximum Gasteiger partial charge on any atom is 0.163 e. The van der Waals surface area contributed by atoms with Gasteiger partial charge in [0.25, 0.3) is 0 Å². The molecule has 1 aliphatic rings. The van der Waals surface area contributed by atoms with Crippen molar-refractivity contribution in [3.63, 3.8) is 0 Å². The van der Waals surface area contributed by atoms with Crippen molar-refractivity contribution in [1.29, 1.82) is 0 Å². The van der Waals surface area contributed by atoms with E-state index in [0.29, 0.717) is 0 Å². The van der Waals surface area contributed by atoms with E-state index in [1.807, 2.05) is 54.6 Å². The number of hydrogen-bond acceptors (Lipinski definition) is 5. The van der Waals surface area contributed by atoms with E-state index in [2.05, 4.69) is 15.3 Å². The zero-order chi connectivity index (χ0) is 16.4. The highest BCUT2D eigenvalue weighted by Gasteiger charge is 2.17. The molecule has 0 bridgehead atoms. The van der Waals surface area contributed by atoms with Crippen LogP contribution in [-0.2, 0) is 10.8 Å². The van der Waals surface area contributed by atoms with Gasteiger partial charge < -0.3 is 5.32 Å². The van der Waals surface area contributed by atoms with E-state index in [1.165, 1.54) is 0 Å². The monoisotopic (exact) mass is 351 g/mol. The number of benzene rings is 2. The molecule has 4 nitrogen and oxygen atoms in total. The van der Waals surface area contributed by atoms with Crippen LogP contribution < -0.4 is 5.32 Å². The molecular formula is C18H13N3OS2. The van der Waals surface area contributed by atoms with E-state index in [-0.39, 0.29) is 0 Å². The highest BCUT2D eigenvalue weighted by Crippen LogP contribution is 2.42. The Labute approximate surface area is 146 Å². The van der Waals surface area contributed by atoms with Gasteiger partial charge in [0.2, 0.25) is 0 Å². The van der Waals surface area contributed by atoms with Gasteiger partial charge in [-0.3, -0.25) is 0 Å². The molecule has 0 aliphatic carbocycles. The first kappa shape index (κ1) is 15.1. The standard InChI is InChI=1S/C18H13N3OS2/c22-24(14-4-2-1-3-5-14)11-8-13-6-7-16-15(12-13)21-17-18(23-16)20-10-9-19-17/h1-12H,(H,19,21)/b11-8+. The van der Waals surface area contributed by atoms with Crippen molar-refractivity contribution in [2.75, 3.05) is 5.32 Å². The number of hydrogen-bond donors (Lipinski definition) is 1. The summed E-state index contributed by atoms with van der Waals surface area (Å²) in [6.07, 6.45) is 5.24. The van der Waals surface area contributed by atoms with Gasteiger partial charge in [-0.05, 0) is 35.9 Å². The Kier molecular flexibility index (Phi) is 4.15. The third-order valence-corrected chi connectivity index (χ3v) is 5.68. The zero-order valence-corrected chi connectivity index (χ0v) is 14.2. The minimum absolute atomic E-state index is 0.768. The predicted octanol–water partition coefficient (Wildman–Crippen LogP) is 4.46. The first-order chi connectivity index (χ1) is 11.8. The van der Waals surface area contributed by atoms with Crippen LogP contribution in [0.25, 0.3) is 6.08 Å². The SMILES string of the molecule is O=S(/C=C/c1ccc2c(c1)Nc1nccnc1S2)c1ccccc1. The van der Waals surface area contributed by atoms with Gasteiger partial charge in [0.1, 0.15) is 5.03 Å². The molecule has 2 heterocycles. The van der Waals surface area contributed by atoms with Crippen LogP contribution in [0, 0.1) is 0 Å². The van der Waals surface area contributed by atoms with Crippen molar-refractivity contribution in [3.8, 4) is 0 Å². The summed E-state index contributed by atoms with van der Waals surface area (Å²) < 4.78 is 12.3. The van der Waals surface area contributed by atoms with Crippen LogP contribution in [0.15, 0.2) is 81.1 Å².